The first-order chi connectivity index (χ1) is 13.5. The molecule has 1 aliphatic heterocycles. The van der Waals surface area contributed by atoms with Gasteiger partial charge in [-0.1, -0.05) is 67.1 Å². The molecule has 0 saturated carbocycles. The minimum Gasteiger partial charge on any atom is -0.339 e. The highest BCUT2D eigenvalue weighted by molar-refractivity contribution is 5.81. The molecule has 148 valence electrons. The van der Waals surface area contributed by atoms with E-state index in [4.69, 9.17) is 5.73 Å². The molecule has 5 nitrogen and oxygen atoms in total. The van der Waals surface area contributed by atoms with Crippen LogP contribution >= 0.6 is 0 Å². The number of nitrogens with two attached hydrogens (primary N) is 1. The van der Waals surface area contributed by atoms with Gasteiger partial charge in [-0.3, -0.25) is 9.59 Å². The molecule has 2 atom stereocenters. The van der Waals surface area contributed by atoms with Crippen LogP contribution in [0.5, 0.6) is 0 Å². The summed E-state index contributed by atoms with van der Waals surface area (Å²) in [5, 5.41) is 0. The molecule has 1 saturated heterocycles. The number of hydrogen-bond donors (Lipinski definition) is 1. The lowest BCUT2D eigenvalue weighted by Crippen LogP contribution is -2.52. The van der Waals surface area contributed by atoms with Crippen LogP contribution < -0.4 is 5.73 Å². The van der Waals surface area contributed by atoms with Crippen LogP contribution in [0.3, 0.4) is 0 Å². The van der Waals surface area contributed by atoms with Gasteiger partial charge in [-0.2, -0.15) is 0 Å². The van der Waals surface area contributed by atoms with Gasteiger partial charge >= 0.3 is 0 Å². The summed E-state index contributed by atoms with van der Waals surface area (Å²) in [5.41, 5.74) is 9.48. The van der Waals surface area contributed by atoms with Crippen molar-refractivity contribution in [3.05, 3.63) is 71.3 Å². The average Bonchev–Trinajstić information content (AvgIpc) is 2.74. The van der Waals surface area contributed by atoms with E-state index in [1.807, 2.05) is 78.2 Å². The van der Waals surface area contributed by atoms with Crippen molar-refractivity contribution in [3.8, 4) is 0 Å². The van der Waals surface area contributed by atoms with Crippen LogP contribution in [-0.4, -0.2) is 47.8 Å². The number of rotatable bonds is 5. The zero-order valence-electron chi connectivity index (χ0n) is 16.7. The zero-order valence-corrected chi connectivity index (χ0v) is 16.7. The lowest BCUT2D eigenvalue weighted by molar-refractivity contribution is -0.142. The molecule has 0 bridgehead atoms. The van der Waals surface area contributed by atoms with E-state index in [9.17, 15) is 9.59 Å². The summed E-state index contributed by atoms with van der Waals surface area (Å²) in [6.07, 6.45) is 0.406. The van der Waals surface area contributed by atoms with Crippen molar-refractivity contribution in [2.24, 2.45) is 11.7 Å². The summed E-state index contributed by atoms with van der Waals surface area (Å²) in [7, 11) is 0. The molecular weight excluding hydrogens is 350 g/mol. The third-order valence-electron chi connectivity index (χ3n) is 5.53. The highest BCUT2D eigenvalue weighted by Crippen LogP contribution is 2.22. The Morgan fingerprint density at radius 3 is 2.11 bits per heavy atom. The maximum atomic E-state index is 12.9. The minimum atomic E-state index is -0.324. The summed E-state index contributed by atoms with van der Waals surface area (Å²) in [4.78, 5) is 29.1. The second-order valence-electron chi connectivity index (χ2n) is 7.59. The van der Waals surface area contributed by atoms with Gasteiger partial charge in [0.2, 0.25) is 11.8 Å². The molecular formula is C23H29N3O2. The van der Waals surface area contributed by atoms with Gasteiger partial charge in [0.15, 0.2) is 0 Å². The average molecular weight is 380 g/mol. The molecule has 0 spiro atoms. The fraction of sp³-hybridized carbons (Fsp3) is 0.391. The Labute approximate surface area is 167 Å². The Hall–Kier alpha value is -2.66. The number of nitrogens with zero attached hydrogens (tertiary/aromatic N) is 2. The SMILES string of the molecule is Cc1ccc(CC(=O)N2CCN(C(=O)C(C)C(N)c3ccccc3)CC2)cc1. The molecule has 28 heavy (non-hydrogen) atoms. The molecule has 0 aliphatic carbocycles. The Bertz CT molecular complexity index is 796. The molecule has 2 aromatic rings. The third-order valence-corrected chi connectivity index (χ3v) is 5.53. The van der Waals surface area contributed by atoms with Gasteiger partial charge in [-0.15, -0.1) is 0 Å². The Morgan fingerprint density at radius 2 is 1.50 bits per heavy atom. The van der Waals surface area contributed by atoms with Gasteiger partial charge in [-0.25, -0.2) is 0 Å². The van der Waals surface area contributed by atoms with Gasteiger partial charge in [0.05, 0.1) is 12.3 Å². The Morgan fingerprint density at radius 1 is 0.929 bits per heavy atom. The van der Waals surface area contributed by atoms with Crippen LogP contribution in [-0.2, 0) is 16.0 Å². The van der Waals surface area contributed by atoms with Crippen molar-refractivity contribution in [2.75, 3.05) is 26.2 Å². The molecule has 0 radical (unpaired) electrons. The van der Waals surface area contributed by atoms with Gasteiger partial charge in [0.25, 0.3) is 0 Å². The minimum absolute atomic E-state index is 0.0574. The molecule has 0 aromatic heterocycles. The van der Waals surface area contributed by atoms with E-state index in [0.29, 0.717) is 32.6 Å². The number of hydrogen-bond acceptors (Lipinski definition) is 3. The van der Waals surface area contributed by atoms with Gasteiger partial charge in [-0.05, 0) is 18.1 Å². The standard InChI is InChI=1S/C23H29N3O2/c1-17-8-10-19(11-9-17)16-21(27)25-12-14-26(15-13-25)23(28)18(2)22(24)20-6-4-3-5-7-20/h3-11,18,22H,12-16,24H2,1-2H3. The van der Waals surface area contributed by atoms with Crippen molar-refractivity contribution in [1.82, 2.24) is 9.80 Å². The predicted molar refractivity (Wildman–Crippen MR) is 111 cm³/mol. The van der Waals surface area contributed by atoms with Gasteiger partial charge in [0, 0.05) is 32.2 Å². The topological polar surface area (TPSA) is 66.6 Å². The van der Waals surface area contributed by atoms with Gasteiger partial charge in [0.1, 0.15) is 0 Å². The number of carbonyl (C=O) groups is 2. The number of aryl methyl sites for hydroxylation is 1. The number of carbonyl (C=O) groups excluding carboxylic acids is 2. The number of piperazine rings is 1. The first-order valence-electron chi connectivity index (χ1n) is 9.88. The fourth-order valence-electron chi connectivity index (χ4n) is 3.57. The normalized spacial score (nSPS) is 16.5. The number of amides is 2. The van der Waals surface area contributed by atoms with Crippen molar-refractivity contribution < 1.29 is 9.59 Å². The second kappa shape index (κ2) is 9.02. The first-order valence-corrected chi connectivity index (χ1v) is 9.88. The molecule has 1 heterocycles. The lowest BCUT2D eigenvalue weighted by atomic mass is 9.94. The summed E-state index contributed by atoms with van der Waals surface area (Å²) in [6.45, 7) is 6.18. The van der Waals surface area contributed by atoms with Crippen molar-refractivity contribution in [3.63, 3.8) is 0 Å². The second-order valence-corrected chi connectivity index (χ2v) is 7.59. The Balaban J connectivity index is 1.52. The third kappa shape index (κ3) is 4.78. The van der Waals surface area contributed by atoms with Crippen LogP contribution in [0.15, 0.2) is 54.6 Å². The maximum absolute atomic E-state index is 12.9. The monoisotopic (exact) mass is 379 g/mol. The van der Waals surface area contributed by atoms with Gasteiger partial charge < -0.3 is 15.5 Å². The molecule has 2 N–H and O–H groups in total. The van der Waals surface area contributed by atoms with E-state index in [1.165, 1.54) is 5.56 Å². The first kappa shape index (κ1) is 20.1. The van der Waals surface area contributed by atoms with E-state index in [0.717, 1.165) is 11.1 Å². The van der Waals surface area contributed by atoms with Crippen LogP contribution in [0.1, 0.15) is 29.7 Å². The summed E-state index contributed by atoms with van der Waals surface area (Å²) in [5.74, 6) is -0.121. The van der Waals surface area contributed by atoms with Crippen molar-refractivity contribution in [1.29, 1.82) is 0 Å². The fourth-order valence-corrected chi connectivity index (χ4v) is 3.57. The summed E-state index contributed by atoms with van der Waals surface area (Å²) in [6, 6.07) is 17.4. The predicted octanol–water partition coefficient (Wildman–Crippen LogP) is 2.54. The van der Waals surface area contributed by atoms with Crippen LogP contribution in [0, 0.1) is 12.8 Å². The van der Waals surface area contributed by atoms with E-state index >= 15 is 0 Å². The lowest BCUT2D eigenvalue weighted by Gasteiger charge is -2.37. The van der Waals surface area contributed by atoms with Crippen molar-refractivity contribution in [2.45, 2.75) is 26.3 Å². The number of benzene rings is 2. The van der Waals surface area contributed by atoms with E-state index in [1.54, 1.807) is 0 Å². The van der Waals surface area contributed by atoms with Crippen LogP contribution in [0.2, 0.25) is 0 Å². The van der Waals surface area contributed by atoms with E-state index in [2.05, 4.69) is 0 Å². The van der Waals surface area contributed by atoms with Crippen LogP contribution in [0.4, 0.5) is 0 Å². The molecule has 2 unspecified atom stereocenters. The quantitative estimate of drug-likeness (QED) is 0.868. The molecule has 1 aliphatic rings. The Kier molecular flexibility index (Phi) is 6.47. The molecule has 2 aromatic carbocycles. The smallest absolute Gasteiger partial charge is 0.227 e. The molecule has 5 heteroatoms. The van der Waals surface area contributed by atoms with Crippen molar-refractivity contribution >= 4 is 11.8 Å². The maximum Gasteiger partial charge on any atom is 0.227 e. The van der Waals surface area contributed by atoms with Crippen LogP contribution in [0.25, 0.3) is 0 Å². The largest absolute Gasteiger partial charge is 0.339 e. The molecule has 1 fully saturated rings. The summed E-state index contributed by atoms with van der Waals surface area (Å²) >= 11 is 0. The molecule has 3 rings (SSSR count). The molecule has 2 amide bonds. The summed E-state index contributed by atoms with van der Waals surface area (Å²) < 4.78 is 0. The highest BCUT2D eigenvalue weighted by Gasteiger charge is 2.30. The zero-order chi connectivity index (χ0) is 20.1. The van der Waals surface area contributed by atoms with E-state index < -0.39 is 0 Å². The van der Waals surface area contributed by atoms with E-state index in [-0.39, 0.29) is 23.8 Å². The highest BCUT2D eigenvalue weighted by atomic mass is 16.2.